The number of esters is 1. The lowest BCUT2D eigenvalue weighted by Gasteiger charge is -2.14. The average molecular weight is 452 g/mol. The first-order valence-corrected chi connectivity index (χ1v) is 11.1. The second-order valence-corrected chi connectivity index (χ2v) is 9.76. The molecule has 0 spiro atoms. The first kappa shape index (κ1) is 20.0. The maximum Gasteiger partial charge on any atom is 0.315 e. The van der Waals surface area contributed by atoms with Crippen LogP contribution in [-0.2, 0) is 19.4 Å². The fourth-order valence-corrected chi connectivity index (χ4v) is 6.36. The molecule has 0 aromatic heterocycles. The molecule has 2 aromatic rings. The molecule has 27 heavy (non-hydrogen) atoms. The summed E-state index contributed by atoms with van der Waals surface area (Å²) in [5.74, 6) is -1.10. The lowest BCUT2D eigenvalue weighted by atomic mass is 9.99. The summed E-state index contributed by atoms with van der Waals surface area (Å²) in [5, 5.41) is -0.946. The van der Waals surface area contributed by atoms with Gasteiger partial charge < -0.3 is 10.5 Å². The molecule has 1 saturated carbocycles. The molecule has 2 aromatic carbocycles. The van der Waals surface area contributed by atoms with Gasteiger partial charge in [0.1, 0.15) is 5.41 Å². The van der Waals surface area contributed by atoms with Crippen molar-refractivity contribution in [3.63, 3.8) is 0 Å². The molecule has 2 N–H and O–H groups in total. The predicted molar refractivity (Wildman–Crippen MR) is 107 cm³/mol. The zero-order chi connectivity index (χ0) is 19.8. The van der Waals surface area contributed by atoms with E-state index in [-0.39, 0.29) is 18.0 Å². The van der Waals surface area contributed by atoms with Crippen molar-refractivity contribution in [2.75, 3.05) is 13.2 Å². The molecule has 3 unspecified atom stereocenters. The van der Waals surface area contributed by atoms with Gasteiger partial charge in [0.25, 0.3) is 0 Å². The Kier molecular flexibility index (Phi) is 5.47. The largest absolute Gasteiger partial charge is 0.465 e. The molecule has 144 valence electrons. The first-order valence-electron chi connectivity index (χ1n) is 8.72. The minimum Gasteiger partial charge on any atom is -0.465 e. The molecule has 0 bridgehead atoms. The van der Waals surface area contributed by atoms with Crippen LogP contribution in [0.15, 0.2) is 57.9 Å². The van der Waals surface area contributed by atoms with Crippen LogP contribution in [-0.4, -0.2) is 32.8 Å². The summed E-state index contributed by atoms with van der Waals surface area (Å²) in [6, 6.07) is 14.0. The highest BCUT2D eigenvalue weighted by molar-refractivity contribution is 9.10. The van der Waals surface area contributed by atoms with Crippen molar-refractivity contribution in [3.8, 4) is 0 Å². The first-order chi connectivity index (χ1) is 12.8. The number of carbonyl (C=O) groups is 1. The van der Waals surface area contributed by atoms with Gasteiger partial charge in [0.15, 0.2) is 9.84 Å². The number of carbonyl (C=O) groups excluding carboxylic acids is 1. The van der Waals surface area contributed by atoms with Crippen LogP contribution in [0, 0.1) is 12.3 Å². The van der Waals surface area contributed by atoms with Gasteiger partial charge >= 0.3 is 5.97 Å². The van der Waals surface area contributed by atoms with Gasteiger partial charge in [0.05, 0.1) is 16.8 Å². The second-order valence-electron chi connectivity index (χ2n) is 6.77. The number of rotatable bonds is 6. The number of nitrogens with two attached hydrogens (primary N) is 1. The smallest absolute Gasteiger partial charge is 0.315 e. The van der Waals surface area contributed by atoms with Crippen LogP contribution in [0.4, 0.5) is 0 Å². The second kappa shape index (κ2) is 7.37. The molecular formula is C20H22BrNO4S. The summed E-state index contributed by atoms with van der Waals surface area (Å²) in [7, 11) is -3.77. The number of ether oxygens (including phenoxy) is 1. The van der Waals surface area contributed by atoms with E-state index in [4.69, 9.17) is 10.5 Å². The van der Waals surface area contributed by atoms with E-state index in [2.05, 4.69) is 15.9 Å². The molecule has 1 aliphatic rings. The van der Waals surface area contributed by atoms with Gasteiger partial charge in [-0.2, -0.15) is 0 Å². The molecule has 5 nitrogen and oxygen atoms in total. The topological polar surface area (TPSA) is 86.5 Å². The Morgan fingerprint density at radius 1 is 1.15 bits per heavy atom. The normalized spacial score (nSPS) is 24.4. The van der Waals surface area contributed by atoms with Crippen molar-refractivity contribution < 1.29 is 17.9 Å². The van der Waals surface area contributed by atoms with E-state index in [9.17, 15) is 13.2 Å². The van der Waals surface area contributed by atoms with Crippen LogP contribution < -0.4 is 5.73 Å². The molecule has 0 amide bonds. The van der Waals surface area contributed by atoms with Gasteiger partial charge in [-0.05, 0) is 43.7 Å². The molecule has 3 atom stereocenters. The van der Waals surface area contributed by atoms with Crippen molar-refractivity contribution >= 4 is 31.7 Å². The van der Waals surface area contributed by atoms with Crippen LogP contribution in [0.25, 0.3) is 0 Å². The number of hydrogen-bond acceptors (Lipinski definition) is 5. The van der Waals surface area contributed by atoms with E-state index in [1.54, 1.807) is 31.2 Å². The van der Waals surface area contributed by atoms with Gasteiger partial charge in [-0.15, -0.1) is 0 Å². The molecule has 0 saturated heterocycles. The van der Waals surface area contributed by atoms with Crippen LogP contribution >= 0.6 is 15.9 Å². The van der Waals surface area contributed by atoms with Gasteiger partial charge in [-0.3, -0.25) is 4.79 Å². The van der Waals surface area contributed by atoms with E-state index in [1.165, 1.54) is 0 Å². The Bertz CT molecular complexity index is 941. The summed E-state index contributed by atoms with van der Waals surface area (Å²) >= 11 is 3.38. The van der Waals surface area contributed by atoms with Gasteiger partial charge in [0, 0.05) is 16.9 Å². The SMILES string of the molecule is CCOC(=O)C1(CN)C(c2ccc(Br)cc2)C1S(=O)(=O)c1ccc(C)cc1. The lowest BCUT2D eigenvalue weighted by Crippen LogP contribution is -2.33. The number of hydrogen-bond donors (Lipinski definition) is 1. The van der Waals surface area contributed by atoms with Crippen molar-refractivity contribution in [1.82, 2.24) is 0 Å². The van der Waals surface area contributed by atoms with E-state index in [0.29, 0.717) is 0 Å². The summed E-state index contributed by atoms with van der Waals surface area (Å²) in [6.07, 6.45) is 0. The Balaban J connectivity index is 2.10. The van der Waals surface area contributed by atoms with E-state index in [0.717, 1.165) is 15.6 Å². The van der Waals surface area contributed by atoms with Gasteiger partial charge in [0.2, 0.25) is 0 Å². The predicted octanol–water partition coefficient (Wildman–Crippen LogP) is 3.21. The average Bonchev–Trinajstić information content (AvgIpc) is 3.34. The number of sulfone groups is 1. The third kappa shape index (κ3) is 3.32. The van der Waals surface area contributed by atoms with Crippen molar-refractivity contribution in [2.45, 2.75) is 29.9 Å². The quantitative estimate of drug-likeness (QED) is 0.681. The van der Waals surface area contributed by atoms with Crippen molar-refractivity contribution in [2.24, 2.45) is 11.1 Å². The molecule has 0 heterocycles. The van der Waals surface area contributed by atoms with Gasteiger partial charge in [-0.1, -0.05) is 45.8 Å². The Morgan fingerprint density at radius 2 is 1.74 bits per heavy atom. The maximum atomic E-state index is 13.4. The van der Waals surface area contributed by atoms with E-state index < -0.39 is 32.4 Å². The minimum absolute atomic E-state index is 0.0949. The van der Waals surface area contributed by atoms with Crippen LogP contribution in [0.2, 0.25) is 0 Å². The van der Waals surface area contributed by atoms with E-state index in [1.807, 2.05) is 31.2 Å². The lowest BCUT2D eigenvalue weighted by molar-refractivity contribution is -0.149. The van der Waals surface area contributed by atoms with Crippen LogP contribution in [0.5, 0.6) is 0 Å². The Hall–Kier alpha value is -1.70. The number of halogens is 1. The number of aryl methyl sites for hydroxylation is 1. The highest BCUT2D eigenvalue weighted by Crippen LogP contribution is 2.64. The summed E-state index contributed by atoms with van der Waals surface area (Å²) < 4.78 is 32.8. The Labute approximate surface area is 168 Å². The molecule has 0 aliphatic heterocycles. The molecule has 0 radical (unpaired) electrons. The minimum atomic E-state index is -3.77. The molecule has 1 aliphatic carbocycles. The highest BCUT2D eigenvalue weighted by Gasteiger charge is 2.75. The van der Waals surface area contributed by atoms with Crippen LogP contribution in [0.1, 0.15) is 24.0 Å². The summed E-state index contributed by atoms with van der Waals surface area (Å²) in [5.41, 5.74) is 6.43. The standard InChI is InChI=1S/C20H22BrNO4S/c1-3-26-19(23)20(12-22)17(14-6-8-15(21)9-7-14)18(20)27(24,25)16-10-4-13(2)5-11-16/h4-11,17-18H,3,12,22H2,1-2H3. The maximum absolute atomic E-state index is 13.4. The molecule has 1 fully saturated rings. The zero-order valence-corrected chi connectivity index (χ0v) is 17.6. The summed E-state index contributed by atoms with van der Waals surface area (Å²) in [6.45, 7) is 3.66. The third-order valence-corrected chi connectivity index (χ3v) is 7.98. The summed E-state index contributed by atoms with van der Waals surface area (Å²) in [4.78, 5) is 13.0. The van der Waals surface area contributed by atoms with Gasteiger partial charge in [-0.25, -0.2) is 8.42 Å². The molecule has 3 rings (SSSR count). The van der Waals surface area contributed by atoms with Crippen molar-refractivity contribution in [1.29, 1.82) is 0 Å². The monoisotopic (exact) mass is 451 g/mol. The van der Waals surface area contributed by atoms with Crippen molar-refractivity contribution in [3.05, 3.63) is 64.1 Å². The fraction of sp³-hybridized carbons (Fsp3) is 0.350. The number of benzene rings is 2. The highest BCUT2D eigenvalue weighted by atomic mass is 79.9. The molecule has 7 heteroatoms. The Morgan fingerprint density at radius 3 is 2.26 bits per heavy atom. The molecular weight excluding hydrogens is 430 g/mol. The van der Waals surface area contributed by atoms with Crippen LogP contribution in [0.3, 0.4) is 0 Å². The zero-order valence-electron chi connectivity index (χ0n) is 15.2. The fourth-order valence-electron chi connectivity index (χ4n) is 3.71. The third-order valence-electron chi connectivity index (χ3n) is 5.16. The van der Waals surface area contributed by atoms with E-state index >= 15 is 0 Å².